The standard InChI is InChI=1S/C11H16N2O2.C9H14N2O/c1-8(14)13-6-5-9-3-4-11(15-2)10(12)7-9;1-12-9-3-2-7(4-5-10)6-8(9)11/h3-4,7H,5-6,12H2,1-2H3,(H,13,14);2-3,6H,4-5,10-11H2,1H3. The first kappa shape index (κ1) is 22.1. The van der Waals surface area contributed by atoms with E-state index >= 15 is 0 Å². The summed E-state index contributed by atoms with van der Waals surface area (Å²) in [5, 5.41) is 2.73. The molecule has 0 radical (unpaired) electrons. The van der Waals surface area contributed by atoms with Gasteiger partial charge in [0.15, 0.2) is 0 Å². The van der Waals surface area contributed by atoms with Gasteiger partial charge in [0.2, 0.25) is 5.91 Å². The summed E-state index contributed by atoms with van der Waals surface area (Å²) in [5.74, 6) is 1.38. The monoisotopic (exact) mass is 374 g/mol. The SMILES string of the molecule is COc1ccc(CCN)cc1N.COc1ccc(CCNC(C)=O)cc1N. The second-order valence-corrected chi connectivity index (χ2v) is 5.92. The van der Waals surface area contributed by atoms with Crippen LogP contribution in [0.3, 0.4) is 0 Å². The van der Waals surface area contributed by atoms with E-state index in [1.165, 1.54) is 6.92 Å². The zero-order chi connectivity index (χ0) is 20.2. The Labute approximate surface area is 160 Å². The van der Waals surface area contributed by atoms with E-state index < -0.39 is 0 Å². The van der Waals surface area contributed by atoms with Crippen molar-refractivity contribution in [1.29, 1.82) is 0 Å². The van der Waals surface area contributed by atoms with Gasteiger partial charge in [-0.15, -0.1) is 0 Å². The predicted molar refractivity (Wildman–Crippen MR) is 110 cm³/mol. The molecule has 0 unspecified atom stereocenters. The van der Waals surface area contributed by atoms with Crippen molar-refractivity contribution in [3.8, 4) is 11.5 Å². The molecule has 7 N–H and O–H groups in total. The van der Waals surface area contributed by atoms with Gasteiger partial charge >= 0.3 is 0 Å². The van der Waals surface area contributed by atoms with Gasteiger partial charge in [0, 0.05) is 13.5 Å². The summed E-state index contributed by atoms with van der Waals surface area (Å²) in [7, 11) is 3.19. The maximum Gasteiger partial charge on any atom is 0.216 e. The highest BCUT2D eigenvalue weighted by Crippen LogP contribution is 2.22. The number of rotatable bonds is 7. The molecule has 7 nitrogen and oxygen atoms in total. The Balaban J connectivity index is 0.000000277. The molecule has 0 heterocycles. The molecular formula is C20H30N4O3. The maximum atomic E-state index is 10.6. The first-order valence-electron chi connectivity index (χ1n) is 8.70. The van der Waals surface area contributed by atoms with E-state index in [1.807, 2.05) is 36.4 Å². The minimum absolute atomic E-state index is 0.0171. The third kappa shape index (κ3) is 7.87. The number of nitrogens with two attached hydrogens (primary N) is 3. The van der Waals surface area contributed by atoms with Crippen molar-refractivity contribution in [1.82, 2.24) is 5.32 Å². The summed E-state index contributed by atoms with van der Waals surface area (Å²) in [6, 6.07) is 11.4. The fraction of sp³-hybridized carbons (Fsp3) is 0.350. The molecule has 148 valence electrons. The Kier molecular flexibility index (Phi) is 9.53. The molecule has 0 atom stereocenters. The van der Waals surface area contributed by atoms with Gasteiger partial charge in [-0.3, -0.25) is 4.79 Å². The average molecular weight is 374 g/mol. The molecule has 0 fully saturated rings. The number of nitrogen functional groups attached to an aromatic ring is 2. The number of methoxy groups -OCH3 is 2. The van der Waals surface area contributed by atoms with Crippen LogP contribution in [-0.2, 0) is 17.6 Å². The van der Waals surface area contributed by atoms with Gasteiger partial charge in [0.05, 0.1) is 25.6 Å². The van der Waals surface area contributed by atoms with Crippen LogP contribution in [-0.4, -0.2) is 33.2 Å². The molecule has 2 rings (SSSR count). The lowest BCUT2D eigenvalue weighted by Gasteiger charge is -2.07. The normalized spacial score (nSPS) is 9.78. The molecule has 27 heavy (non-hydrogen) atoms. The molecule has 1 amide bonds. The molecule has 0 aliphatic carbocycles. The van der Waals surface area contributed by atoms with E-state index in [2.05, 4.69) is 5.32 Å². The van der Waals surface area contributed by atoms with E-state index in [0.717, 1.165) is 29.7 Å². The second-order valence-electron chi connectivity index (χ2n) is 5.92. The van der Waals surface area contributed by atoms with Crippen molar-refractivity contribution in [3.63, 3.8) is 0 Å². The molecule has 0 bridgehead atoms. The minimum atomic E-state index is -0.0171. The fourth-order valence-corrected chi connectivity index (χ4v) is 2.43. The zero-order valence-electron chi connectivity index (χ0n) is 16.2. The Morgan fingerprint density at radius 2 is 1.41 bits per heavy atom. The topological polar surface area (TPSA) is 126 Å². The summed E-state index contributed by atoms with van der Waals surface area (Å²) < 4.78 is 10.1. The van der Waals surface area contributed by atoms with Crippen LogP contribution in [0, 0.1) is 0 Å². The molecule has 0 saturated carbocycles. The number of carbonyl (C=O) groups excluding carboxylic acids is 1. The van der Waals surface area contributed by atoms with Crippen LogP contribution in [0.4, 0.5) is 11.4 Å². The van der Waals surface area contributed by atoms with Gasteiger partial charge < -0.3 is 32.0 Å². The molecule has 7 heteroatoms. The minimum Gasteiger partial charge on any atom is -0.495 e. The van der Waals surface area contributed by atoms with Crippen LogP contribution in [0.25, 0.3) is 0 Å². The number of carbonyl (C=O) groups is 1. The third-order valence-corrected chi connectivity index (χ3v) is 3.81. The summed E-state index contributed by atoms with van der Waals surface area (Å²) in [4.78, 5) is 10.6. The highest BCUT2D eigenvalue weighted by Gasteiger charge is 2.01. The van der Waals surface area contributed by atoms with Crippen LogP contribution in [0.2, 0.25) is 0 Å². The average Bonchev–Trinajstić information content (AvgIpc) is 2.63. The van der Waals surface area contributed by atoms with Crippen LogP contribution in [0.1, 0.15) is 18.1 Å². The van der Waals surface area contributed by atoms with E-state index in [9.17, 15) is 4.79 Å². The van der Waals surface area contributed by atoms with Crippen molar-refractivity contribution < 1.29 is 14.3 Å². The van der Waals surface area contributed by atoms with Gasteiger partial charge in [0.25, 0.3) is 0 Å². The lowest BCUT2D eigenvalue weighted by molar-refractivity contribution is -0.118. The summed E-state index contributed by atoms with van der Waals surface area (Å²) in [5.41, 5.74) is 20.4. The number of hydrogen-bond acceptors (Lipinski definition) is 6. The van der Waals surface area contributed by atoms with Gasteiger partial charge in [-0.1, -0.05) is 12.1 Å². The molecule has 0 aromatic heterocycles. The maximum absolute atomic E-state index is 10.6. The lowest BCUT2D eigenvalue weighted by Crippen LogP contribution is -2.22. The fourth-order valence-electron chi connectivity index (χ4n) is 2.43. The first-order valence-corrected chi connectivity index (χ1v) is 8.70. The molecule has 0 aliphatic heterocycles. The molecule has 0 saturated heterocycles. The second kappa shape index (κ2) is 11.6. The quantitative estimate of drug-likeness (QED) is 0.547. The molecular weight excluding hydrogens is 344 g/mol. The Bertz CT molecular complexity index is 735. The molecule has 2 aromatic rings. The van der Waals surface area contributed by atoms with Crippen LogP contribution >= 0.6 is 0 Å². The van der Waals surface area contributed by atoms with Gasteiger partial charge in [-0.2, -0.15) is 0 Å². The predicted octanol–water partition coefficient (Wildman–Crippen LogP) is 1.73. The number of nitrogens with one attached hydrogen (secondary N) is 1. The van der Waals surface area contributed by atoms with E-state index in [1.54, 1.807) is 14.2 Å². The Hall–Kier alpha value is -2.93. The van der Waals surface area contributed by atoms with E-state index in [4.69, 9.17) is 26.7 Å². The van der Waals surface area contributed by atoms with Gasteiger partial charge in [-0.25, -0.2) is 0 Å². The number of amides is 1. The molecule has 0 aliphatic rings. The zero-order valence-corrected chi connectivity index (χ0v) is 16.2. The van der Waals surface area contributed by atoms with Crippen molar-refractivity contribution in [2.75, 3.05) is 38.8 Å². The Morgan fingerprint density at radius 1 is 0.926 bits per heavy atom. The Morgan fingerprint density at radius 3 is 1.78 bits per heavy atom. The van der Waals surface area contributed by atoms with Gasteiger partial charge in [0.1, 0.15) is 11.5 Å². The van der Waals surface area contributed by atoms with Crippen LogP contribution in [0.5, 0.6) is 11.5 Å². The van der Waals surface area contributed by atoms with E-state index in [-0.39, 0.29) is 5.91 Å². The molecule has 2 aromatic carbocycles. The van der Waals surface area contributed by atoms with Crippen molar-refractivity contribution in [3.05, 3.63) is 47.5 Å². The largest absolute Gasteiger partial charge is 0.495 e. The van der Waals surface area contributed by atoms with Crippen molar-refractivity contribution in [2.45, 2.75) is 19.8 Å². The third-order valence-electron chi connectivity index (χ3n) is 3.81. The first-order chi connectivity index (χ1) is 12.9. The van der Waals surface area contributed by atoms with E-state index in [0.29, 0.717) is 30.2 Å². The van der Waals surface area contributed by atoms with Gasteiger partial charge in [-0.05, 0) is 54.8 Å². The smallest absolute Gasteiger partial charge is 0.216 e. The highest BCUT2D eigenvalue weighted by atomic mass is 16.5. The summed E-state index contributed by atoms with van der Waals surface area (Å²) in [6.45, 7) is 2.77. The molecule has 0 spiro atoms. The summed E-state index contributed by atoms with van der Waals surface area (Å²) in [6.07, 6.45) is 1.63. The number of anilines is 2. The lowest BCUT2D eigenvalue weighted by atomic mass is 10.1. The summed E-state index contributed by atoms with van der Waals surface area (Å²) >= 11 is 0. The van der Waals surface area contributed by atoms with Crippen LogP contribution < -0.4 is 32.0 Å². The number of ether oxygens (including phenoxy) is 2. The number of benzene rings is 2. The van der Waals surface area contributed by atoms with Crippen LogP contribution in [0.15, 0.2) is 36.4 Å². The number of hydrogen-bond donors (Lipinski definition) is 4. The van der Waals surface area contributed by atoms with Crippen molar-refractivity contribution in [2.24, 2.45) is 5.73 Å². The van der Waals surface area contributed by atoms with Crippen molar-refractivity contribution >= 4 is 17.3 Å². The highest BCUT2D eigenvalue weighted by molar-refractivity contribution is 5.72.